The normalized spacial score (nSPS) is 20.9. The summed E-state index contributed by atoms with van der Waals surface area (Å²) < 4.78 is 0. The number of nitrogens with two attached hydrogens (primary N) is 1. The predicted molar refractivity (Wildman–Crippen MR) is 93.9 cm³/mol. The van der Waals surface area contributed by atoms with E-state index in [1.54, 1.807) is 0 Å². The van der Waals surface area contributed by atoms with E-state index in [4.69, 9.17) is 5.73 Å². The van der Waals surface area contributed by atoms with Gasteiger partial charge in [0.2, 0.25) is 11.8 Å². The van der Waals surface area contributed by atoms with Gasteiger partial charge in [-0.3, -0.25) is 19.7 Å². The number of nitrogens with one attached hydrogen (secondary N) is 2. The number of rotatable bonds is 7. The maximum Gasteiger partial charge on any atom is 0.255 e. The lowest BCUT2D eigenvalue weighted by molar-refractivity contribution is -0.136. The van der Waals surface area contributed by atoms with Gasteiger partial charge < -0.3 is 21.1 Å². The van der Waals surface area contributed by atoms with Crippen molar-refractivity contribution in [3.8, 4) is 0 Å². The van der Waals surface area contributed by atoms with Gasteiger partial charge in [-0.15, -0.1) is 0 Å². The summed E-state index contributed by atoms with van der Waals surface area (Å²) in [5, 5.41) is 15.1. The van der Waals surface area contributed by atoms with Gasteiger partial charge >= 0.3 is 0 Å². The highest BCUT2D eigenvalue weighted by molar-refractivity contribution is 6.05. The van der Waals surface area contributed by atoms with Crippen molar-refractivity contribution < 1.29 is 19.5 Å². The fourth-order valence-electron chi connectivity index (χ4n) is 3.39. The summed E-state index contributed by atoms with van der Waals surface area (Å²) in [6.45, 7) is 1.78. The van der Waals surface area contributed by atoms with E-state index >= 15 is 0 Å². The number of carbonyl (C=O) groups excluding carboxylic acids is 3. The van der Waals surface area contributed by atoms with Gasteiger partial charge in [0.1, 0.15) is 6.04 Å². The van der Waals surface area contributed by atoms with Crippen molar-refractivity contribution in [1.29, 1.82) is 0 Å². The Morgan fingerprint density at radius 2 is 2.15 bits per heavy atom. The van der Waals surface area contributed by atoms with E-state index in [9.17, 15) is 19.5 Å². The van der Waals surface area contributed by atoms with Crippen molar-refractivity contribution in [2.45, 2.75) is 44.5 Å². The van der Waals surface area contributed by atoms with Crippen LogP contribution in [0.4, 0.5) is 0 Å². The third-order valence-corrected chi connectivity index (χ3v) is 4.80. The van der Waals surface area contributed by atoms with Crippen molar-refractivity contribution in [1.82, 2.24) is 15.5 Å². The molecule has 1 saturated heterocycles. The van der Waals surface area contributed by atoms with Crippen LogP contribution in [-0.2, 0) is 22.7 Å². The molecule has 3 amide bonds. The summed E-state index contributed by atoms with van der Waals surface area (Å²) in [6, 6.07) is 5.06. The van der Waals surface area contributed by atoms with Crippen molar-refractivity contribution in [2.75, 3.05) is 13.1 Å². The molecular formula is C18H24N4O4. The number of fused-ring (bicyclic) bond motifs is 1. The molecule has 1 aromatic rings. The molecular weight excluding hydrogens is 336 g/mol. The molecule has 140 valence electrons. The number of imide groups is 1. The fourth-order valence-corrected chi connectivity index (χ4v) is 3.39. The highest BCUT2D eigenvalue weighted by Gasteiger charge is 2.38. The van der Waals surface area contributed by atoms with Crippen LogP contribution in [0, 0.1) is 0 Å². The van der Waals surface area contributed by atoms with Crippen LogP contribution in [0.2, 0.25) is 0 Å². The van der Waals surface area contributed by atoms with Crippen molar-refractivity contribution in [3.63, 3.8) is 0 Å². The summed E-state index contributed by atoms with van der Waals surface area (Å²) in [5.74, 6) is -0.877. The second-order valence-electron chi connectivity index (χ2n) is 6.75. The number of nitrogens with zero attached hydrogens (tertiary/aromatic N) is 1. The minimum atomic E-state index is -0.597. The average molecular weight is 360 g/mol. The molecule has 0 radical (unpaired) electrons. The van der Waals surface area contributed by atoms with Gasteiger partial charge in [0.25, 0.3) is 5.91 Å². The summed E-state index contributed by atoms with van der Waals surface area (Å²) in [7, 11) is 0. The molecule has 8 heteroatoms. The van der Waals surface area contributed by atoms with E-state index in [0.717, 1.165) is 11.1 Å². The molecule has 2 heterocycles. The molecule has 0 aromatic heterocycles. The van der Waals surface area contributed by atoms with Crippen LogP contribution in [-0.4, -0.2) is 53.0 Å². The van der Waals surface area contributed by atoms with Crippen LogP contribution in [0.25, 0.3) is 0 Å². The van der Waals surface area contributed by atoms with Gasteiger partial charge in [-0.2, -0.15) is 0 Å². The largest absolute Gasteiger partial charge is 0.392 e. The monoisotopic (exact) mass is 360 g/mol. The van der Waals surface area contributed by atoms with Gasteiger partial charge in [0.15, 0.2) is 0 Å². The van der Waals surface area contributed by atoms with Crippen LogP contribution in [0.3, 0.4) is 0 Å². The third-order valence-electron chi connectivity index (χ3n) is 4.80. The molecule has 26 heavy (non-hydrogen) atoms. The van der Waals surface area contributed by atoms with Crippen molar-refractivity contribution in [2.24, 2.45) is 5.73 Å². The lowest BCUT2D eigenvalue weighted by atomic mass is 10.0. The van der Waals surface area contributed by atoms with Crippen LogP contribution >= 0.6 is 0 Å². The van der Waals surface area contributed by atoms with Gasteiger partial charge in [0.05, 0.1) is 6.10 Å². The smallest absolute Gasteiger partial charge is 0.255 e. The summed E-state index contributed by atoms with van der Waals surface area (Å²) in [5.41, 5.74) is 7.81. The minimum absolute atomic E-state index is 0.181. The predicted octanol–water partition coefficient (Wildman–Crippen LogP) is -0.753. The molecule has 0 bridgehead atoms. The number of hydrogen-bond donors (Lipinski definition) is 4. The number of amides is 3. The topological polar surface area (TPSA) is 125 Å². The highest BCUT2D eigenvalue weighted by atomic mass is 16.3. The Morgan fingerprint density at radius 3 is 2.88 bits per heavy atom. The SMILES string of the molecule is NCCC(O)CNCc1ccc2c(c1)C(=O)N(C1CCC(=O)NC1=O)C2. The molecule has 2 atom stereocenters. The molecule has 8 nitrogen and oxygen atoms in total. The van der Waals surface area contributed by atoms with Crippen LogP contribution in [0.5, 0.6) is 0 Å². The minimum Gasteiger partial charge on any atom is -0.392 e. The molecule has 2 aliphatic rings. The van der Waals surface area contributed by atoms with Crippen molar-refractivity contribution in [3.05, 3.63) is 34.9 Å². The second-order valence-corrected chi connectivity index (χ2v) is 6.75. The standard InChI is InChI=1S/C18H24N4O4/c19-6-5-13(23)9-20-8-11-1-2-12-10-22(18(26)14(12)7-11)15-3-4-16(24)21-17(15)25/h1-2,7,13,15,20,23H,3-6,8-10,19H2,(H,21,24,25). The second kappa shape index (κ2) is 7.94. The highest BCUT2D eigenvalue weighted by Crippen LogP contribution is 2.28. The van der Waals surface area contributed by atoms with Crippen molar-refractivity contribution >= 4 is 17.7 Å². The molecule has 2 unspecified atom stereocenters. The Morgan fingerprint density at radius 1 is 1.35 bits per heavy atom. The van der Waals surface area contributed by atoms with E-state index in [1.807, 2.05) is 18.2 Å². The maximum absolute atomic E-state index is 12.7. The zero-order valence-electron chi connectivity index (χ0n) is 14.5. The molecule has 1 aromatic carbocycles. The Balaban J connectivity index is 1.63. The lowest BCUT2D eigenvalue weighted by Crippen LogP contribution is -2.52. The van der Waals surface area contributed by atoms with E-state index in [2.05, 4.69) is 10.6 Å². The average Bonchev–Trinajstić information content (AvgIpc) is 2.92. The molecule has 0 saturated carbocycles. The first-order chi connectivity index (χ1) is 12.5. The first-order valence-electron chi connectivity index (χ1n) is 8.85. The van der Waals surface area contributed by atoms with E-state index < -0.39 is 18.1 Å². The quantitative estimate of drug-likeness (QED) is 0.474. The molecule has 2 aliphatic heterocycles. The van der Waals surface area contributed by atoms with E-state index in [1.165, 1.54) is 4.90 Å². The zero-order valence-corrected chi connectivity index (χ0v) is 14.5. The number of hydrogen-bond acceptors (Lipinski definition) is 6. The number of aliphatic hydroxyl groups is 1. The van der Waals surface area contributed by atoms with Gasteiger partial charge in [-0.25, -0.2) is 0 Å². The van der Waals surface area contributed by atoms with Crippen LogP contribution < -0.4 is 16.4 Å². The number of aliphatic hydroxyl groups excluding tert-OH is 1. The molecule has 0 spiro atoms. The third kappa shape index (κ3) is 3.92. The van der Waals surface area contributed by atoms with E-state index in [-0.39, 0.29) is 18.2 Å². The summed E-state index contributed by atoms with van der Waals surface area (Å²) in [4.78, 5) is 37.6. The Labute approximate surface area is 151 Å². The van der Waals surface area contributed by atoms with E-state index in [0.29, 0.717) is 44.6 Å². The van der Waals surface area contributed by atoms with Gasteiger partial charge in [-0.1, -0.05) is 12.1 Å². The maximum atomic E-state index is 12.7. The Hall–Kier alpha value is -2.29. The molecule has 0 aliphatic carbocycles. The fraction of sp³-hybridized carbons (Fsp3) is 0.500. The first-order valence-corrected chi connectivity index (χ1v) is 8.85. The molecule has 1 fully saturated rings. The van der Waals surface area contributed by atoms with Crippen LogP contribution in [0.15, 0.2) is 18.2 Å². The molecule has 3 rings (SSSR count). The van der Waals surface area contributed by atoms with Gasteiger partial charge in [-0.05, 0) is 36.6 Å². The van der Waals surface area contributed by atoms with Crippen LogP contribution in [0.1, 0.15) is 40.7 Å². The number of piperidine rings is 1. The van der Waals surface area contributed by atoms with Gasteiger partial charge in [0, 0.05) is 31.6 Å². The first kappa shape index (κ1) is 18.5. The summed E-state index contributed by atoms with van der Waals surface area (Å²) in [6.07, 6.45) is 0.657. The zero-order chi connectivity index (χ0) is 18.7. The lowest BCUT2D eigenvalue weighted by Gasteiger charge is -2.29. The molecule has 5 N–H and O–H groups in total. The number of carbonyl (C=O) groups is 3. The summed E-state index contributed by atoms with van der Waals surface area (Å²) >= 11 is 0. The Kier molecular flexibility index (Phi) is 5.65. The Bertz CT molecular complexity index is 721. The number of benzene rings is 1.